The summed E-state index contributed by atoms with van der Waals surface area (Å²) in [4.78, 5) is 0. The molecule has 1 aromatic rings. The Morgan fingerprint density at radius 1 is 1.47 bits per heavy atom. The van der Waals surface area contributed by atoms with Crippen LogP contribution in [0.3, 0.4) is 0 Å². The lowest BCUT2D eigenvalue weighted by atomic mass is 9.85. The molecule has 1 aliphatic rings. The summed E-state index contributed by atoms with van der Waals surface area (Å²) in [5, 5.41) is 10.3. The maximum Gasteiger partial charge on any atom is 0.126 e. The Morgan fingerprint density at radius 3 is 2.94 bits per heavy atom. The Bertz CT molecular complexity index is 408. The maximum atomic E-state index is 13.5. The van der Waals surface area contributed by atoms with E-state index in [1.54, 1.807) is 0 Å². The SMILES string of the molecule is CC1CC(O)(Cc2cc(F)ccc2F)CCO1. The van der Waals surface area contributed by atoms with Crippen LogP contribution in [0.15, 0.2) is 18.2 Å². The minimum Gasteiger partial charge on any atom is -0.389 e. The highest BCUT2D eigenvalue weighted by Crippen LogP contribution is 2.29. The van der Waals surface area contributed by atoms with E-state index in [-0.39, 0.29) is 18.1 Å². The summed E-state index contributed by atoms with van der Waals surface area (Å²) >= 11 is 0. The molecule has 0 amide bonds. The molecule has 2 rings (SSSR count). The molecule has 1 aliphatic heterocycles. The van der Waals surface area contributed by atoms with E-state index < -0.39 is 17.2 Å². The lowest BCUT2D eigenvalue weighted by molar-refractivity contribution is -0.0964. The van der Waals surface area contributed by atoms with Crippen molar-refractivity contribution in [2.75, 3.05) is 6.61 Å². The molecule has 4 heteroatoms. The average molecular weight is 242 g/mol. The fourth-order valence-corrected chi connectivity index (χ4v) is 2.34. The van der Waals surface area contributed by atoms with Gasteiger partial charge < -0.3 is 9.84 Å². The molecular weight excluding hydrogens is 226 g/mol. The molecule has 1 aromatic carbocycles. The van der Waals surface area contributed by atoms with Crippen molar-refractivity contribution in [3.05, 3.63) is 35.4 Å². The second-order valence-electron chi connectivity index (χ2n) is 4.77. The molecule has 1 heterocycles. The molecule has 0 saturated carbocycles. The van der Waals surface area contributed by atoms with Crippen molar-refractivity contribution in [3.8, 4) is 0 Å². The predicted molar refractivity (Wildman–Crippen MR) is 59.7 cm³/mol. The van der Waals surface area contributed by atoms with Crippen LogP contribution in [0, 0.1) is 11.6 Å². The van der Waals surface area contributed by atoms with Crippen molar-refractivity contribution in [2.24, 2.45) is 0 Å². The molecular formula is C13H16F2O2. The standard InChI is InChI=1S/C13H16F2O2/c1-9-7-13(16,4-5-17-9)8-10-6-11(14)2-3-12(10)15/h2-3,6,9,16H,4-5,7-8H2,1H3. The van der Waals surface area contributed by atoms with Crippen LogP contribution in [-0.4, -0.2) is 23.4 Å². The highest BCUT2D eigenvalue weighted by molar-refractivity contribution is 5.21. The molecule has 2 unspecified atom stereocenters. The Labute approximate surface area is 99.2 Å². The van der Waals surface area contributed by atoms with Crippen LogP contribution in [-0.2, 0) is 11.2 Å². The molecule has 1 fully saturated rings. The van der Waals surface area contributed by atoms with Gasteiger partial charge in [0.2, 0.25) is 0 Å². The van der Waals surface area contributed by atoms with Crippen LogP contribution in [0.25, 0.3) is 0 Å². The highest BCUT2D eigenvalue weighted by atomic mass is 19.1. The van der Waals surface area contributed by atoms with E-state index in [1.807, 2.05) is 6.92 Å². The van der Waals surface area contributed by atoms with E-state index in [0.29, 0.717) is 19.4 Å². The van der Waals surface area contributed by atoms with Crippen LogP contribution >= 0.6 is 0 Å². The molecule has 2 atom stereocenters. The fraction of sp³-hybridized carbons (Fsp3) is 0.538. The van der Waals surface area contributed by atoms with Crippen LogP contribution < -0.4 is 0 Å². The second-order valence-corrected chi connectivity index (χ2v) is 4.77. The minimum atomic E-state index is -0.994. The largest absolute Gasteiger partial charge is 0.389 e. The summed E-state index contributed by atoms with van der Waals surface area (Å²) < 4.78 is 31.8. The van der Waals surface area contributed by atoms with Gasteiger partial charge in [0.15, 0.2) is 0 Å². The second kappa shape index (κ2) is 4.70. The molecule has 17 heavy (non-hydrogen) atoms. The van der Waals surface area contributed by atoms with Crippen LogP contribution in [0.2, 0.25) is 0 Å². The van der Waals surface area contributed by atoms with Gasteiger partial charge in [-0.05, 0) is 37.1 Å². The van der Waals surface area contributed by atoms with E-state index in [2.05, 4.69) is 0 Å². The van der Waals surface area contributed by atoms with Crippen molar-refractivity contribution in [1.29, 1.82) is 0 Å². The monoisotopic (exact) mass is 242 g/mol. The Morgan fingerprint density at radius 2 is 2.24 bits per heavy atom. The number of aliphatic hydroxyl groups is 1. The summed E-state index contributed by atoms with van der Waals surface area (Å²) in [5.41, 5.74) is -0.770. The number of benzene rings is 1. The van der Waals surface area contributed by atoms with E-state index in [1.165, 1.54) is 0 Å². The molecule has 0 radical (unpaired) electrons. The normalized spacial score (nSPS) is 29.3. The van der Waals surface area contributed by atoms with Gasteiger partial charge in [0, 0.05) is 19.4 Å². The topological polar surface area (TPSA) is 29.5 Å². The van der Waals surface area contributed by atoms with E-state index in [0.717, 1.165) is 18.2 Å². The molecule has 94 valence electrons. The molecule has 0 spiro atoms. The summed E-state index contributed by atoms with van der Waals surface area (Å²) in [6.45, 7) is 2.32. The maximum absolute atomic E-state index is 13.5. The third-order valence-corrected chi connectivity index (χ3v) is 3.16. The van der Waals surface area contributed by atoms with Crippen molar-refractivity contribution in [1.82, 2.24) is 0 Å². The van der Waals surface area contributed by atoms with E-state index in [4.69, 9.17) is 4.74 Å². The van der Waals surface area contributed by atoms with Crippen LogP contribution in [0.4, 0.5) is 8.78 Å². The molecule has 2 nitrogen and oxygen atoms in total. The molecule has 0 bridgehead atoms. The van der Waals surface area contributed by atoms with Gasteiger partial charge in [-0.2, -0.15) is 0 Å². The van der Waals surface area contributed by atoms with Gasteiger partial charge in [-0.25, -0.2) is 8.78 Å². The smallest absolute Gasteiger partial charge is 0.126 e. The van der Waals surface area contributed by atoms with Crippen molar-refractivity contribution in [3.63, 3.8) is 0 Å². The van der Waals surface area contributed by atoms with Gasteiger partial charge in [-0.15, -0.1) is 0 Å². The van der Waals surface area contributed by atoms with Crippen LogP contribution in [0.1, 0.15) is 25.3 Å². The zero-order valence-corrected chi connectivity index (χ0v) is 9.75. The molecule has 1 N–H and O–H groups in total. The quantitative estimate of drug-likeness (QED) is 0.863. The van der Waals surface area contributed by atoms with E-state index >= 15 is 0 Å². The highest BCUT2D eigenvalue weighted by Gasteiger charge is 2.34. The van der Waals surface area contributed by atoms with Gasteiger partial charge in [-0.1, -0.05) is 0 Å². The third kappa shape index (κ3) is 3.01. The lowest BCUT2D eigenvalue weighted by Gasteiger charge is -2.35. The fourth-order valence-electron chi connectivity index (χ4n) is 2.34. The van der Waals surface area contributed by atoms with Crippen LogP contribution in [0.5, 0.6) is 0 Å². The van der Waals surface area contributed by atoms with Gasteiger partial charge in [0.1, 0.15) is 11.6 Å². The van der Waals surface area contributed by atoms with Gasteiger partial charge in [0.25, 0.3) is 0 Å². The number of hydrogen-bond donors (Lipinski definition) is 1. The zero-order valence-electron chi connectivity index (χ0n) is 9.75. The Hall–Kier alpha value is -1.00. The molecule has 0 aliphatic carbocycles. The van der Waals surface area contributed by atoms with Gasteiger partial charge >= 0.3 is 0 Å². The number of ether oxygens (including phenoxy) is 1. The number of halogens is 2. The Balaban J connectivity index is 2.16. The summed E-state index contributed by atoms with van der Waals surface area (Å²) in [5.74, 6) is -0.955. The summed E-state index contributed by atoms with van der Waals surface area (Å²) in [7, 11) is 0. The first-order valence-corrected chi connectivity index (χ1v) is 5.76. The van der Waals surface area contributed by atoms with E-state index in [9.17, 15) is 13.9 Å². The summed E-state index contributed by atoms with van der Waals surface area (Å²) in [6.07, 6.45) is 0.978. The van der Waals surface area contributed by atoms with Crippen molar-refractivity contribution >= 4 is 0 Å². The first-order chi connectivity index (χ1) is 7.98. The first kappa shape index (κ1) is 12.5. The third-order valence-electron chi connectivity index (χ3n) is 3.16. The van der Waals surface area contributed by atoms with Gasteiger partial charge in [0.05, 0.1) is 11.7 Å². The first-order valence-electron chi connectivity index (χ1n) is 5.76. The predicted octanol–water partition coefficient (Wildman–Crippen LogP) is 2.44. The zero-order chi connectivity index (χ0) is 12.5. The number of rotatable bonds is 2. The molecule has 0 aromatic heterocycles. The number of hydrogen-bond acceptors (Lipinski definition) is 2. The van der Waals surface area contributed by atoms with Crippen molar-refractivity contribution < 1.29 is 18.6 Å². The average Bonchev–Trinajstić information content (AvgIpc) is 2.22. The summed E-state index contributed by atoms with van der Waals surface area (Å²) in [6, 6.07) is 3.32. The van der Waals surface area contributed by atoms with Crippen molar-refractivity contribution in [2.45, 2.75) is 37.9 Å². The van der Waals surface area contributed by atoms with Gasteiger partial charge in [-0.3, -0.25) is 0 Å². The minimum absolute atomic E-state index is 0.0506. The Kier molecular flexibility index (Phi) is 3.45. The molecule has 1 saturated heterocycles. The lowest BCUT2D eigenvalue weighted by Crippen LogP contribution is -2.41.